The van der Waals surface area contributed by atoms with Crippen LogP contribution in [0.2, 0.25) is 0 Å². The number of halogens is 4. The zero-order valence-corrected chi connectivity index (χ0v) is 12.7. The van der Waals surface area contributed by atoms with Crippen molar-refractivity contribution in [3.05, 3.63) is 35.1 Å². The van der Waals surface area contributed by atoms with Crippen LogP contribution in [0.3, 0.4) is 0 Å². The lowest BCUT2D eigenvalue weighted by atomic mass is 10.0. The lowest BCUT2D eigenvalue weighted by Gasteiger charge is -2.16. The first kappa shape index (κ1) is 17.7. The van der Waals surface area contributed by atoms with Gasteiger partial charge in [0.25, 0.3) is 0 Å². The van der Waals surface area contributed by atoms with Crippen LogP contribution in [0.25, 0.3) is 0 Å². The second kappa shape index (κ2) is 7.29. The Morgan fingerprint density at radius 1 is 1.30 bits per heavy atom. The van der Waals surface area contributed by atoms with Gasteiger partial charge in [0.2, 0.25) is 0 Å². The average Bonchev–Trinajstić information content (AvgIpc) is 2.93. The number of alkyl halides is 3. The van der Waals surface area contributed by atoms with Gasteiger partial charge in [0.05, 0.1) is 24.4 Å². The van der Waals surface area contributed by atoms with Crippen molar-refractivity contribution in [1.29, 1.82) is 0 Å². The van der Waals surface area contributed by atoms with Gasteiger partial charge in [-0.1, -0.05) is 0 Å². The summed E-state index contributed by atoms with van der Waals surface area (Å²) in [4.78, 5) is 11.3. The third kappa shape index (κ3) is 4.92. The Labute approximate surface area is 131 Å². The highest BCUT2D eigenvalue weighted by Gasteiger charge is 2.33. The van der Waals surface area contributed by atoms with Crippen LogP contribution >= 0.6 is 0 Å². The number of carbonyl (C=O) groups is 1. The van der Waals surface area contributed by atoms with Crippen molar-refractivity contribution in [3.63, 3.8) is 0 Å². The van der Waals surface area contributed by atoms with Gasteiger partial charge in [-0.15, -0.1) is 0 Å². The number of ether oxygens (including phenoxy) is 2. The minimum atomic E-state index is -4.60. The summed E-state index contributed by atoms with van der Waals surface area (Å²) < 4.78 is 62.1. The van der Waals surface area contributed by atoms with Crippen LogP contribution < -0.4 is 0 Å². The molecule has 128 valence electrons. The molecule has 1 aliphatic rings. The predicted octanol–water partition coefficient (Wildman–Crippen LogP) is 4.41. The third-order valence-electron chi connectivity index (χ3n) is 3.70. The van der Waals surface area contributed by atoms with Gasteiger partial charge < -0.3 is 9.47 Å². The van der Waals surface area contributed by atoms with Gasteiger partial charge in [0, 0.05) is 6.42 Å². The molecule has 1 heterocycles. The van der Waals surface area contributed by atoms with E-state index in [1.54, 1.807) is 6.92 Å². The van der Waals surface area contributed by atoms with E-state index < -0.39 is 23.7 Å². The zero-order chi connectivity index (χ0) is 17.0. The lowest BCUT2D eigenvalue weighted by molar-refractivity contribution is -0.144. The van der Waals surface area contributed by atoms with Crippen LogP contribution in [0.5, 0.6) is 0 Å². The fraction of sp³-hybridized carbons (Fsp3) is 0.562. The molecule has 1 fully saturated rings. The van der Waals surface area contributed by atoms with Crippen molar-refractivity contribution in [1.82, 2.24) is 0 Å². The second-order valence-electron chi connectivity index (χ2n) is 5.44. The molecule has 0 radical (unpaired) electrons. The molecule has 0 bridgehead atoms. The standard InChI is InChI=1S/C16H18F4O3/c1-2-22-15(21)6-4-13-3-5-14(23-13)10-7-11(16(18,19)20)9-12(17)8-10/h7-9,13-14H,2-6H2,1H3. The molecule has 0 aliphatic carbocycles. The van der Waals surface area contributed by atoms with Crippen LogP contribution in [-0.2, 0) is 20.4 Å². The summed E-state index contributed by atoms with van der Waals surface area (Å²) in [6.07, 6.45) is -3.67. The maximum Gasteiger partial charge on any atom is 0.416 e. The highest BCUT2D eigenvalue weighted by molar-refractivity contribution is 5.69. The molecule has 1 aromatic carbocycles. The number of hydrogen-bond donors (Lipinski definition) is 0. The highest BCUT2D eigenvalue weighted by Crippen LogP contribution is 2.38. The van der Waals surface area contributed by atoms with E-state index in [-0.39, 0.29) is 24.1 Å². The van der Waals surface area contributed by atoms with Gasteiger partial charge in [0.15, 0.2) is 0 Å². The Bertz CT molecular complexity index is 557. The maximum atomic E-state index is 13.4. The molecule has 0 N–H and O–H groups in total. The van der Waals surface area contributed by atoms with Gasteiger partial charge in [-0.05, 0) is 49.9 Å². The van der Waals surface area contributed by atoms with Crippen molar-refractivity contribution in [3.8, 4) is 0 Å². The summed E-state index contributed by atoms with van der Waals surface area (Å²) in [5, 5.41) is 0. The number of esters is 1. The van der Waals surface area contributed by atoms with E-state index in [4.69, 9.17) is 9.47 Å². The summed E-state index contributed by atoms with van der Waals surface area (Å²) in [7, 11) is 0. The molecular formula is C16H18F4O3. The Hall–Kier alpha value is -1.63. The largest absolute Gasteiger partial charge is 0.466 e. The van der Waals surface area contributed by atoms with Crippen molar-refractivity contribution in [2.45, 2.75) is 51.0 Å². The summed E-state index contributed by atoms with van der Waals surface area (Å²) in [5.74, 6) is -1.27. The Balaban J connectivity index is 1.99. The molecular weight excluding hydrogens is 316 g/mol. The number of hydrogen-bond acceptors (Lipinski definition) is 3. The van der Waals surface area contributed by atoms with Crippen molar-refractivity contribution < 1.29 is 31.8 Å². The third-order valence-corrected chi connectivity index (χ3v) is 3.70. The maximum absolute atomic E-state index is 13.4. The molecule has 0 saturated carbocycles. The van der Waals surface area contributed by atoms with E-state index in [0.29, 0.717) is 31.9 Å². The molecule has 0 aromatic heterocycles. The molecule has 23 heavy (non-hydrogen) atoms. The van der Waals surface area contributed by atoms with Crippen LogP contribution in [0.4, 0.5) is 17.6 Å². The van der Waals surface area contributed by atoms with E-state index in [2.05, 4.69) is 0 Å². The van der Waals surface area contributed by atoms with Crippen LogP contribution in [0.15, 0.2) is 18.2 Å². The van der Waals surface area contributed by atoms with Crippen LogP contribution in [0, 0.1) is 5.82 Å². The Kier molecular flexibility index (Phi) is 5.62. The Morgan fingerprint density at radius 3 is 2.70 bits per heavy atom. The molecule has 3 nitrogen and oxygen atoms in total. The van der Waals surface area contributed by atoms with E-state index in [1.807, 2.05) is 0 Å². The van der Waals surface area contributed by atoms with Crippen molar-refractivity contribution >= 4 is 5.97 Å². The first-order chi connectivity index (χ1) is 10.8. The first-order valence-electron chi connectivity index (χ1n) is 7.48. The summed E-state index contributed by atoms with van der Waals surface area (Å²) in [5.41, 5.74) is -0.845. The number of carbonyl (C=O) groups excluding carboxylic acids is 1. The van der Waals surface area contributed by atoms with Crippen LogP contribution in [-0.4, -0.2) is 18.7 Å². The molecule has 0 spiro atoms. The van der Waals surface area contributed by atoms with Gasteiger partial charge in [0.1, 0.15) is 5.82 Å². The minimum absolute atomic E-state index is 0.177. The molecule has 2 rings (SSSR count). The quantitative estimate of drug-likeness (QED) is 0.591. The predicted molar refractivity (Wildman–Crippen MR) is 74.1 cm³/mol. The van der Waals surface area contributed by atoms with E-state index in [1.165, 1.54) is 0 Å². The van der Waals surface area contributed by atoms with Gasteiger partial charge in [-0.25, -0.2) is 4.39 Å². The molecule has 2 atom stereocenters. The minimum Gasteiger partial charge on any atom is -0.466 e. The fourth-order valence-corrected chi connectivity index (χ4v) is 2.64. The number of rotatable bonds is 5. The van der Waals surface area contributed by atoms with Gasteiger partial charge in [-0.2, -0.15) is 13.2 Å². The lowest BCUT2D eigenvalue weighted by Crippen LogP contribution is -2.12. The fourth-order valence-electron chi connectivity index (χ4n) is 2.64. The van der Waals surface area contributed by atoms with E-state index in [9.17, 15) is 22.4 Å². The Morgan fingerprint density at radius 2 is 2.04 bits per heavy atom. The van der Waals surface area contributed by atoms with Crippen LogP contribution in [0.1, 0.15) is 49.8 Å². The first-order valence-corrected chi connectivity index (χ1v) is 7.48. The van der Waals surface area contributed by atoms with Gasteiger partial charge in [-0.3, -0.25) is 4.79 Å². The van der Waals surface area contributed by atoms with E-state index in [0.717, 1.165) is 12.1 Å². The second-order valence-corrected chi connectivity index (χ2v) is 5.44. The zero-order valence-electron chi connectivity index (χ0n) is 12.7. The van der Waals surface area contributed by atoms with E-state index >= 15 is 0 Å². The normalized spacial score (nSPS) is 21.4. The highest BCUT2D eigenvalue weighted by atomic mass is 19.4. The van der Waals surface area contributed by atoms with Crippen molar-refractivity contribution in [2.75, 3.05) is 6.61 Å². The molecule has 0 amide bonds. The summed E-state index contributed by atoms with van der Waals surface area (Å²) in [6, 6.07) is 2.45. The average molecular weight is 334 g/mol. The molecule has 7 heteroatoms. The molecule has 2 unspecified atom stereocenters. The summed E-state index contributed by atoms with van der Waals surface area (Å²) in [6.45, 7) is 2.01. The van der Waals surface area contributed by atoms with Crippen molar-refractivity contribution in [2.24, 2.45) is 0 Å². The smallest absolute Gasteiger partial charge is 0.416 e. The summed E-state index contributed by atoms with van der Waals surface area (Å²) >= 11 is 0. The number of benzene rings is 1. The monoisotopic (exact) mass is 334 g/mol. The topological polar surface area (TPSA) is 35.5 Å². The van der Waals surface area contributed by atoms with Gasteiger partial charge >= 0.3 is 12.1 Å². The molecule has 1 aromatic rings. The molecule has 1 saturated heterocycles. The SMILES string of the molecule is CCOC(=O)CCC1CCC(c2cc(F)cc(C(F)(F)F)c2)O1. The molecule has 1 aliphatic heterocycles.